The fraction of sp³-hybridized carbons (Fsp3) is 0.533. The summed E-state index contributed by atoms with van der Waals surface area (Å²) < 4.78 is 5.41. The van der Waals surface area contributed by atoms with Crippen LogP contribution in [0.2, 0.25) is 0 Å². The third-order valence-electron chi connectivity index (χ3n) is 4.11. The number of rotatable bonds is 3. The second-order valence-electron chi connectivity index (χ2n) is 5.40. The van der Waals surface area contributed by atoms with Crippen molar-refractivity contribution in [2.24, 2.45) is 0 Å². The van der Waals surface area contributed by atoms with Crippen LogP contribution in [-0.2, 0) is 4.74 Å². The van der Waals surface area contributed by atoms with Gasteiger partial charge in [-0.1, -0.05) is 0 Å². The molecule has 1 fully saturated rings. The van der Waals surface area contributed by atoms with Crippen LogP contribution in [0.5, 0.6) is 0 Å². The Morgan fingerprint density at radius 1 is 1.25 bits per heavy atom. The maximum absolute atomic E-state index is 12.3. The van der Waals surface area contributed by atoms with Crippen molar-refractivity contribution < 1.29 is 9.53 Å². The Kier molecular flexibility index (Phi) is 3.78. The van der Waals surface area contributed by atoms with Crippen molar-refractivity contribution in [3.05, 3.63) is 23.8 Å². The number of hydrogen-bond acceptors (Lipinski definition) is 4. The first-order chi connectivity index (χ1) is 9.78. The minimum absolute atomic E-state index is 0.0193. The molecule has 2 unspecified atom stereocenters. The van der Waals surface area contributed by atoms with Gasteiger partial charge >= 0.3 is 0 Å². The van der Waals surface area contributed by atoms with E-state index in [0.29, 0.717) is 5.56 Å². The van der Waals surface area contributed by atoms with Gasteiger partial charge in [0.25, 0.3) is 5.91 Å². The van der Waals surface area contributed by atoms with Gasteiger partial charge in [-0.15, -0.1) is 0 Å². The average Bonchev–Trinajstić information content (AvgIpc) is 2.94. The summed E-state index contributed by atoms with van der Waals surface area (Å²) in [5.41, 5.74) is 2.75. The summed E-state index contributed by atoms with van der Waals surface area (Å²) in [6.07, 6.45) is 3.28. The second-order valence-corrected chi connectivity index (χ2v) is 5.40. The minimum Gasteiger partial charge on any atom is -0.382 e. The smallest absolute Gasteiger partial charge is 0.251 e. The molecule has 2 atom stereocenters. The van der Waals surface area contributed by atoms with Crippen molar-refractivity contribution in [2.75, 3.05) is 30.8 Å². The summed E-state index contributed by atoms with van der Waals surface area (Å²) in [5, 5.41) is 9.70. The summed E-state index contributed by atoms with van der Waals surface area (Å²) in [6, 6.07) is 5.87. The molecule has 3 rings (SSSR count). The van der Waals surface area contributed by atoms with Crippen molar-refractivity contribution in [1.29, 1.82) is 0 Å². The van der Waals surface area contributed by atoms with E-state index in [-0.39, 0.29) is 18.1 Å². The van der Waals surface area contributed by atoms with Crippen molar-refractivity contribution in [3.63, 3.8) is 0 Å². The SMILES string of the molecule is COC1CCCC1NC(=O)c1ccc2c(c1)NCCN2. The van der Waals surface area contributed by atoms with Gasteiger partial charge in [-0.25, -0.2) is 0 Å². The molecule has 1 aromatic rings. The van der Waals surface area contributed by atoms with E-state index in [1.54, 1.807) is 7.11 Å². The molecule has 0 radical (unpaired) electrons. The van der Waals surface area contributed by atoms with Crippen LogP contribution >= 0.6 is 0 Å². The number of carbonyl (C=O) groups excluding carboxylic acids is 1. The number of ether oxygens (including phenoxy) is 1. The lowest BCUT2D eigenvalue weighted by atomic mass is 10.1. The number of amides is 1. The standard InChI is InChI=1S/C15H21N3O2/c1-20-14-4-2-3-12(14)18-15(19)10-5-6-11-13(9-10)17-8-7-16-11/h5-6,9,12,14,16-17H,2-4,7-8H2,1H3,(H,18,19). The van der Waals surface area contributed by atoms with E-state index in [1.807, 2.05) is 18.2 Å². The number of fused-ring (bicyclic) bond motifs is 1. The van der Waals surface area contributed by atoms with Crippen molar-refractivity contribution >= 4 is 17.3 Å². The van der Waals surface area contributed by atoms with Crippen LogP contribution in [0.25, 0.3) is 0 Å². The highest BCUT2D eigenvalue weighted by Gasteiger charge is 2.28. The maximum Gasteiger partial charge on any atom is 0.251 e. The topological polar surface area (TPSA) is 62.4 Å². The molecule has 20 heavy (non-hydrogen) atoms. The van der Waals surface area contributed by atoms with Crippen LogP contribution in [0, 0.1) is 0 Å². The van der Waals surface area contributed by atoms with Crippen LogP contribution in [0.1, 0.15) is 29.6 Å². The van der Waals surface area contributed by atoms with E-state index >= 15 is 0 Å². The Hall–Kier alpha value is -1.75. The Balaban J connectivity index is 1.71. The predicted molar refractivity (Wildman–Crippen MR) is 79.3 cm³/mol. The van der Waals surface area contributed by atoms with Gasteiger partial charge in [-0.05, 0) is 37.5 Å². The molecule has 2 aliphatic rings. The minimum atomic E-state index is -0.0193. The molecule has 1 aliphatic carbocycles. The summed E-state index contributed by atoms with van der Waals surface area (Å²) in [5.74, 6) is -0.0193. The van der Waals surface area contributed by atoms with E-state index in [0.717, 1.165) is 43.7 Å². The molecular weight excluding hydrogens is 254 g/mol. The molecule has 0 spiro atoms. The van der Waals surface area contributed by atoms with E-state index in [4.69, 9.17) is 4.74 Å². The summed E-state index contributed by atoms with van der Waals surface area (Å²) in [6.45, 7) is 1.79. The molecule has 108 valence electrons. The molecule has 1 aliphatic heterocycles. The monoisotopic (exact) mass is 275 g/mol. The Morgan fingerprint density at radius 3 is 2.85 bits per heavy atom. The van der Waals surface area contributed by atoms with Gasteiger partial charge < -0.3 is 20.7 Å². The number of benzene rings is 1. The Morgan fingerprint density at radius 2 is 2.05 bits per heavy atom. The lowest BCUT2D eigenvalue weighted by Crippen LogP contribution is -2.40. The third kappa shape index (κ3) is 2.58. The van der Waals surface area contributed by atoms with E-state index in [9.17, 15) is 4.79 Å². The zero-order chi connectivity index (χ0) is 13.9. The number of hydrogen-bond donors (Lipinski definition) is 3. The fourth-order valence-corrected chi connectivity index (χ4v) is 3.01. The highest BCUT2D eigenvalue weighted by atomic mass is 16.5. The van der Waals surface area contributed by atoms with Gasteiger partial charge in [0.1, 0.15) is 0 Å². The van der Waals surface area contributed by atoms with Crippen LogP contribution in [-0.4, -0.2) is 38.3 Å². The van der Waals surface area contributed by atoms with Crippen molar-refractivity contribution in [1.82, 2.24) is 5.32 Å². The zero-order valence-electron chi connectivity index (χ0n) is 11.7. The molecular formula is C15H21N3O2. The van der Waals surface area contributed by atoms with Crippen LogP contribution in [0.4, 0.5) is 11.4 Å². The van der Waals surface area contributed by atoms with Gasteiger partial charge in [0.05, 0.1) is 23.5 Å². The van der Waals surface area contributed by atoms with Crippen LogP contribution in [0.3, 0.4) is 0 Å². The van der Waals surface area contributed by atoms with E-state index in [1.165, 1.54) is 0 Å². The maximum atomic E-state index is 12.3. The Labute approximate surface area is 119 Å². The molecule has 1 heterocycles. The molecule has 5 heteroatoms. The largest absolute Gasteiger partial charge is 0.382 e. The summed E-state index contributed by atoms with van der Waals surface area (Å²) >= 11 is 0. The third-order valence-corrected chi connectivity index (χ3v) is 4.11. The van der Waals surface area contributed by atoms with Crippen molar-refractivity contribution in [3.8, 4) is 0 Å². The Bertz CT molecular complexity index is 504. The summed E-state index contributed by atoms with van der Waals surface area (Å²) in [4.78, 5) is 12.3. The first-order valence-electron chi connectivity index (χ1n) is 7.23. The highest BCUT2D eigenvalue weighted by molar-refractivity contribution is 5.96. The lowest BCUT2D eigenvalue weighted by Gasteiger charge is -2.22. The predicted octanol–water partition coefficient (Wildman–Crippen LogP) is 1.82. The van der Waals surface area contributed by atoms with E-state index < -0.39 is 0 Å². The molecule has 0 bridgehead atoms. The molecule has 1 amide bonds. The van der Waals surface area contributed by atoms with Gasteiger partial charge in [-0.2, -0.15) is 0 Å². The first kappa shape index (κ1) is 13.2. The zero-order valence-corrected chi connectivity index (χ0v) is 11.7. The van der Waals surface area contributed by atoms with Gasteiger partial charge in [0.15, 0.2) is 0 Å². The molecule has 0 aromatic heterocycles. The molecule has 0 saturated heterocycles. The number of methoxy groups -OCH3 is 1. The highest BCUT2D eigenvalue weighted by Crippen LogP contribution is 2.26. The number of nitrogens with one attached hydrogen (secondary N) is 3. The van der Waals surface area contributed by atoms with Crippen LogP contribution < -0.4 is 16.0 Å². The first-order valence-corrected chi connectivity index (χ1v) is 7.23. The molecule has 1 aromatic carbocycles. The molecule has 5 nitrogen and oxygen atoms in total. The molecule has 3 N–H and O–H groups in total. The lowest BCUT2D eigenvalue weighted by molar-refractivity contribution is 0.0722. The number of carbonyl (C=O) groups is 1. The second kappa shape index (κ2) is 5.71. The average molecular weight is 275 g/mol. The quantitative estimate of drug-likeness (QED) is 0.787. The number of anilines is 2. The van der Waals surface area contributed by atoms with Gasteiger partial charge in [0, 0.05) is 25.8 Å². The van der Waals surface area contributed by atoms with Gasteiger partial charge in [0.2, 0.25) is 0 Å². The van der Waals surface area contributed by atoms with E-state index in [2.05, 4.69) is 16.0 Å². The summed E-state index contributed by atoms with van der Waals surface area (Å²) in [7, 11) is 1.71. The van der Waals surface area contributed by atoms with Gasteiger partial charge in [-0.3, -0.25) is 4.79 Å². The fourth-order valence-electron chi connectivity index (χ4n) is 3.01. The normalized spacial score (nSPS) is 24.4. The molecule has 1 saturated carbocycles. The van der Waals surface area contributed by atoms with Crippen molar-refractivity contribution in [2.45, 2.75) is 31.4 Å². The van der Waals surface area contributed by atoms with Crippen LogP contribution in [0.15, 0.2) is 18.2 Å².